The fourth-order valence-corrected chi connectivity index (χ4v) is 2.05. The summed E-state index contributed by atoms with van der Waals surface area (Å²) < 4.78 is 37.9. The lowest BCUT2D eigenvalue weighted by Crippen LogP contribution is -2.09. The molecule has 0 radical (unpaired) electrons. The SMILES string of the molecule is CCc1ccc(CC(=O)c2cccc(C(F)(F)F)c2)cc1. The van der Waals surface area contributed by atoms with Gasteiger partial charge in [-0.2, -0.15) is 13.2 Å². The molecule has 0 spiro atoms. The summed E-state index contributed by atoms with van der Waals surface area (Å²) in [5, 5.41) is 0. The third kappa shape index (κ3) is 3.94. The molecule has 0 amide bonds. The van der Waals surface area contributed by atoms with Gasteiger partial charge in [-0.15, -0.1) is 0 Å². The molecule has 4 heteroatoms. The number of alkyl halides is 3. The average Bonchev–Trinajstić information content (AvgIpc) is 2.47. The minimum absolute atomic E-state index is 0.0874. The van der Waals surface area contributed by atoms with E-state index in [4.69, 9.17) is 0 Å². The van der Waals surface area contributed by atoms with Gasteiger partial charge in [-0.25, -0.2) is 0 Å². The molecule has 0 heterocycles. The molecule has 2 rings (SSSR count). The van der Waals surface area contributed by atoms with Gasteiger partial charge in [-0.3, -0.25) is 4.79 Å². The van der Waals surface area contributed by atoms with Gasteiger partial charge in [0.25, 0.3) is 0 Å². The van der Waals surface area contributed by atoms with Crippen molar-refractivity contribution in [3.05, 3.63) is 70.8 Å². The molecule has 0 fully saturated rings. The van der Waals surface area contributed by atoms with Crippen molar-refractivity contribution in [3.8, 4) is 0 Å². The predicted molar refractivity (Wildman–Crippen MR) is 75.3 cm³/mol. The molecule has 0 atom stereocenters. The smallest absolute Gasteiger partial charge is 0.294 e. The van der Waals surface area contributed by atoms with Crippen LogP contribution in [0.15, 0.2) is 48.5 Å². The number of halogens is 3. The highest BCUT2D eigenvalue weighted by Gasteiger charge is 2.30. The van der Waals surface area contributed by atoms with Gasteiger partial charge >= 0.3 is 6.18 Å². The van der Waals surface area contributed by atoms with Crippen LogP contribution in [-0.2, 0) is 19.0 Å². The quantitative estimate of drug-likeness (QED) is 0.747. The van der Waals surface area contributed by atoms with Gasteiger partial charge < -0.3 is 0 Å². The summed E-state index contributed by atoms with van der Waals surface area (Å²) in [5.41, 5.74) is 1.25. The Morgan fingerprint density at radius 2 is 1.62 bits per heavy atom. The number of Topliss-reactive ketones (excluding diaryl/α,β-unsaturated/α-hetero) is 1. The summed E-state index contributed by atoms with van der Waals surface area (Å²) in [6, 6.07) is 12.1. The Labute approximate surface area is 121 Å². The van der Waals surface area contributed by atoms with Crippen molar-refractivity contribution in [2.75, 3.05) is 0 Å². The number of aryl methyl sites for hydroxylation is 1. The highest BCUT2D eigenvalue weighted by Crippen LogP contribution is 2.29. The molecule has 0 saturated heterocycles. The molecule has 0 saturated carbocycles. The third-order valence-corrected chi connectivity index (χ3v) is 3.31. The minimum atomic E-state index is -4.43. The molecular weight excluding hydrogens is 277 g/mol. The predicted octanol–water partition coefficient (Wildman–Crippen LogP) is 4.69. The van der Waals surface area contributed by atoms with Gasteiger partial charge in [0, 0.05) is 12.0 Å². The van der Waals surface area contributed by atoms with E-state index in [1.54, 1.807) is 0 Å². The first-order valence-electron chi connectivity index (χ1n) is 6.68. The van der Waals surface area contributed by atoms with E-state index in [0.29, 0.717) is 0 Å². The summed E-state index contributed by atoms with van der Waals surface area (Å²) >= 11 is 0. The first-order valence-corrected chi connectivity index (χ1v) is 6.68. The monoisotopic (exact) mass is 292 g/mol. The van der Waals surface area contributed by atoms with Gasteiger partial charge in [-0.1, -0.05) is 43.3 Å². The van der Waals surface area contributed by atoms with Crippen LogP contribution in [0.3, 0.4) is 0 Å². The third-order valence-electron chi connectivity index (χ3n) is 3.31. The van der Waals surface area contributed by atoms with Crippen molar-refractivity contribution in [2.45, 2.75) is 25.9 Å². The zero-order valence-electron chi connectivity index (χ0n) is 11.6. The molecule has 0 aliphatic carbocycles. The molecule has 1 nitrogen and oxygen atoms in total. The molecule has 0 N–H and O–H groups in total. The summed E-state index contributed by atoms with van der Waals surface area (Å²) in [4.78, 5) is 12.1. The minimum Gasteiger partial charge on any atom is -0.294 e. The number of ketones is 1. The highest BCUT2D eigenvalue weighted by atomic mass is 19.4. The van der Waals surface area contributed by atoms with Crippen LogP contribution >= 0.6 is 0 Å². The second-order valence-corrected chi connectivity index (χ2v) is 4.85. The normalized spacial score (nSPS) is 11.4. The van der Waals surface area contributed by atoms with E-state index >= 15 is 0 Å². The Kier molecular flexibility index (Phi) is 4.46. The summed E-state index contributed by atoms with van der Waals surface area (Å²) in [5.74, 6) is -0.314. The van der Waals surface area contributed by atoms with Gasteiger partial charge in [0.15, 0.2) is 5.78 Å². The van der Waals surface area contributed by atoms with Gasteiger partial charge in [-0.05, 0) is 29.7 Å². The van der Waals surface area contributed by atoms with Gasteiger partial charge in [0.05, 0.1) is 5.56 Å². The van der Waals surface area contributed by atoms with Crippen LogP contribution < -0.4 is 0 Å². The number of hydrogen-bond acceptors (Lipinski definition) is 1. The summed E-state index contributed by atoms with van der Waals surface area (Å²) in [7, 11) is 0. The van der Waals surface area contributed by atoms with Crippen LogP contribution in [-0.4, -0.2) is 5.78 Å². The lowest BCUT2D eigenvalue weighted by molar-refractivity contribution is -0.137. The van der Waals surface area contributed by atoms with E-state index in [0.717, 1.165) is 29.7 Å². The average molecular weight is 292 g/mol. The maximum atomic E-state index is 12.6. The lowest BCUT2D eigenvalue weighted by atomic mass is 10.00. The van der Waals surface area contributed by atoms with E-state index < -0.39 is 11.7 Å². The summed E-state index contributed by atoms with van der Waals surface area (Å²) in [6.45, 7) is 2.03. The summed E-state index contributed by atoms with van der Waals surface area (Å²) in [6.07, 6.45) is -3.42. The van der Waals surface area contributed by atoms with Crippen molar-refractivity contribution < 1.29 is 18.0 Å². The van der Waals surface area contributed by atoms with E-state index in [1.165, 1.54) is 12.1 Å². The van der Waals surface area contributed by atoms with E-state index in [-0.39, 0.29) is 17.8 Å². The van der Waals surface area contributed by atoms with E-state index in [1.807, 2.05) is 31.2 Å². The lowest BCUT2D eigenvalue weighted by Gasteiger charge is -2.08. The second kappa shape index (κ2) is 6.12. The van der Waals surface area contributed by atoms with Gasteiger partial charge in [0.2, 0.25) is 0 Å². The van der Waals surface area contributed by atoms with Crippen molar-refractivity contribution in [1.82, 2.24) is 0 Å². The Morgan fingerprint density at radius 3 is 2.19 bits per heavy atom. The standard InChI is InChI=1S/C17H15F3O/c1-2-12-6-8-13(9-7-12)10-16(21)14-4-3-5-15(11-14)17(18,19)20/h3-9,11H,2,10H2,1H3. The van der Waals surface area contributed by atoms with Crippen LogP contribution in [0.1, 0.15) is 34.0 Å². The molecular formula is C17H15F3O. The molecule has 0 aromatic heterocycles. The topological polar surface area (TPSA) is 17.1 Å². The maximum absolute atomic E-state index is 12.6. The zero-order chi connectivity index (χ0) is 15.5. The Bertz CT molecular complexity index is 627. The van der Waals surface area contributed by atoms with Gasteiger partial charge in [0.1, 0.15) is 0 Å². The molecule has 0 unspecified atom stereocenters. The van der Waals surface area contributed by atoms with Crippen LogP contribution in [0.4, 0.5) is 13.2 Å². The van der Waals surface area contributed by atoms with E-state index in [9.17, 15) is 18.0 Å². The van der Waals surface area contributed by atoms with Crippen molar-refractivity contribution in [2.24, 2.45) is 0 Å². The number of hydrogen-bond donors (Lipinski definition) is 0. The molecule has 2 aromatic carbocycles. The van der Waals surface area contributed by atoms with Crippen LogP contribution in [0.5, 0.6) is 0 Å². The Balaban J connectivity index is 2.16. The fourth-order valence-electron chi connectivity index (χ4n) is 2.05. The van der Waals surface area contributed by atoms with E-state index in [2.05, 4.69) is 0 Å². The number of carbonyl (C=O) groups excluding carboxylic acids is 1. The van der Waals surface area contributed by atoms with Crippen LogP contribution in [0, 0.1) is 0 Å². The molecule has 110 valence electrons. The largest absolute Gasteiger partial charge is 0.416 e. The van der Waals surface area contributed by atoms with Crippen LogP contribution in [0.25, 0.3) is 0 Å². The zero-order valence-corrected chi connectivity index (χ0v) is 11.6. The van der Waals surface area contributed by atoms with Crippen molar-refractivity contribution in [1.29, 1.82) is 0 Å². The number of rotatable bonds is 4. The second-order valence-electron chi connectivity index (χ2n) is 4.85. The molecule has 0 aliphatic rings. The number of benzene rings is 2. The molecule has 0 bridgehead atoms. The molecule has 0 aliphatic heterocycles. The molecule has 21 heavy (non-hydrogen) atoms. The highest BCUT2D eigenvalue weighted by molar-refractivity contribution is 5.97. The van der Waals surface area contributed by atoms with Crippen molar-refractivity contribution >= 4 is 5.78 Å². The fraction of sp³-hybridized carbons (Fsp3) is 0.235. The first kappa shape index (κ1) is 15.3. The van der Waals surface area contributed by atoms with Crippen molar-refractivity contribution in [3.63, 3.8) is 0 Å². The molecule has 2 aromatic rings. The first-order chi connectivity index (χ1) is 9.90. The Morgan fingerprint density at radius 1 is 1.00 bits per heavy atom. The maximum Gasteiger partial charge on any atom is 0.416 e. The Hall–Kier alpha value is -2.10. The van der Waals surface area contributed by atoms with Crippen LogP contribution in [0.2, 0.25) is 0 Å². The number of carbonyl (C=O) groups is 1.